The van der Waals surface area contributed by atoms with E-state index in [1.807, 2.05) is 19.1 Å². The van der Waals surface area contributed by atoms with Crippen molar-refractivity contribution in [3.05, 3.63) is 72.3 Å². The van der Waals surface area contributed by atoms with Crippen molar-refractivity contribution in [2.24, 2.45) is 0 Å². The van der Waals surface area contributed by atoms with Gasteiger partial charge in [-0.25, -0.2) is 8.42 Å². The van der Waals surface area contributed by atoms with E-state index in [1.165, 1.54) is 23.9 Å². The number of carbonyl (C=O) groups is 1. The summed E-state index contributed by atoms with van der Waals surface area (Å²) < 4.78 is 38.2. The molecule has 2 N–H and O–H groups in total. The van der Waals surface area contributed by atoms with Crippen LogP contribution in [0.4, 0.5) is 11.4 Å². The van der Waals surface area contributed by atoms with Gasteiger partial charge in [0.1, 0.15) is 0 Å². The highest BCUT2D eigenvalue weighted by atomic mass is 32.2. The number of methoxy groups -OCH3 is 2. The summed E-state index contributed by atoms with van der Waals surface area (Å²) in [5.41, 5.74) is 1.96. The molecular formula is C23H24N2O5S2. The Balaban J connectivity index is 1.58. The van der Waals surface area contributed by atoms with E-state index >= 15 is 0 Å². The van der Waals surface area contributed by atoms with E-state index < -0.39 is 10.0 Å². The number of hydrogen-bond acceptors (Lipinski definition) is 6. The van der Waals surface area contributed by atoms with Crippen LogP contribution in [0.3, 0.4) is 0 Å². The highest BCUT2D eigenvalue weighted by molar-refractivity contribution is 8.00. The summed E-state index contributed by atoms with van der Waals surface area (Å²) >= 11 is 1.35. The highest BCUT2D eigenvalue weighted by Crippen LogP contribution is 2.31. The van der Waals surface area contributed by atoms with Crippen LogP contribution in [0.25, 0.3) is 0 Å². The molecular weight excluding hydrogens is 448 g/mol. The highest BCUT2D eigenvalue weighted by Gasteiger charge is 2.15. The molecule has 3 rings (SSSR count). The number of benzene rings is 3. The molecule has 0 saturated carbocycles. The van der Waals surface area contributed by atoms with E-state index in [0.29, 0.717) is 22.9 Å². The molecule has 0 fully saturated rings. The Morgan fingerprint density at radius 1 is 0.906 bits per heavy atom. The fourth-order valence-corrected chi connectivity index (χ4v) is 4.67. The zero-order valence-corrected chi connectivity index (χ0v) is 19.5. The predicted molar refractivity (Wildman–Crippen MR) is 127 cm³/mol. The summed E-state index contributed by atoms with van der Waals surface area (Å²) in [6.07, 6.45) is 0. The van der Waals surface area contributed by atoms with Crippen LogP contribution in [0.1, 0.15) is 5.56 Å². The molecule has 3 aromatic carbocycles. The SMILES string of the molecule is COc1ccc(SCC(=O)Nc2ccc(S(=O)(=O)Nc3cccc(C)c3)cc2)cc1OC. The Bertz CT molecular complexity index is 1200. The fourth-order valence-electron chi connectivity index (χ4n) is 2.89. The Kier molecular flexibility index (Phi) is 7.66. The number of carbonyl (C=O) groups excluding carboxylic acids is 1. The number of amides is 1. The molecule has 32 heavy (non-hydrogen) atoms. The first kappa shape index (κ1) is 23.5. The van der Waals surface area contributed by atoms with Crippen molar-refractivity contribution in [2.75, 3.05) is 30.0 Å². The van der Waals surface area contributed by atoms with Crippen molar-refractivity contribution in [1.29, 1.82) is 0 Å². The van der Waals surface area contributed by atoms with E-state index in [1.54, 1.807) is 56.7 Å². The maximum absolute atomic E-state index is 12.6. The number of sulfonamides is 1. The van der Waals surface area contributed by atoms with Gasteiger partial charge in [-0.15, -0.1) is 11.8 Å². The molecule has 168 valence electrons. The molecule has 0 atom stereocenters. The van der Waals surface area contributed by atoms with Crippen LogP contribution in [0.15, 0.2) is 76.5 Å². The minimum atomic E-state index is -3.72. The van der Waals surface area contributed by atoms with Gasteiger partial charge in [0, 0.05) is 16.3 Å². The summed E-state index contributed by atoms with van der Waals surface area (Å²) in [6.45, 7) is 1.89. The maximum Gasteiger partial charge on any atom is 0.261 e. The molecule has 0 aromatic heterocycles. The number of nitrogens with one attached hydrogen (secondary N) is 2. The summed E-state index contributed by atoms with van der Waals surface area (Å²) in [7, 11) is -0.605. The summed E-state index contributed by atoms with van der Waals surface area (Å²) in [4.78, 5) is 13.3. The third kappa shape index (κ3) is 6.18. The van der Waals surface area contributed by atoms with Gasteiger partial charge in [-0.1, -0.05) is 12.1 Å². The Morgan fingerprint density at radius 3 is 2.28 bits per heavy atom. The minimum Gasteiger partial charge on any atom is -0.493 e. The van der Waals surface area contributed by atoms with Crippen LogP contribution in [0.5, 0.6) is 11.5 Å². The first-order chi connectivity index (χ1) is 15.3. The van der Waals surface area contributed by atoms with Crippen LogP contribution in [0.2, 0.25) is 0 Å². The molecule has 3 aromatic rings. The van der Waals surface area contributed by atoms with Gasteiger partial charge >= 0.3 is 0 Å². The fraction of sp³-hybridized carbons (Fsp3) is 0.174. The number of thioether (sulfide) groups is 1. The van der Waals surface area contributed by atoms with Gasteiger partial charge in [0.2, 0.25) is 5.91 Å². The second kappa shape index (κ2) is 10.4. The number of rotatable bonds is 9. The predicted octanol–water partition coefficient (Wildman–Crippen LogP) is 4.54. The number of ether oxygens (including phenoxy) is 2. The smallest absolute Gasteiger partial charge is 0.261 e. The lowest BCUT2D eigenvalue weighted by molar-refractivity contribution is -0.113. The summed E-state index contributed by atoms with van der Waals surface area (Å²) in [5.74, 6) is 1.19. The average molecular weight is 473 g/mol. The first-order valence-electron chi connectivity index (χ1n) is 9.65. The van der Waals surface area contributed by atoms with Crippen LogP contribution in [0, 0.1) is 6.92 Å². The van der Waals surface area contributed by atoms with E-state index in [0.717, 1.165) is 10.5 Å². The van der Waals surface area contributed by atoms with Crippen LogP contribution in [-0.4, -0.2) is 34.3 Å². The van der Waals surface area contributed by atoms with Crippen molar-refractivity contribution >= 4 is 39.1 Å². The molecule has 1 amide bonds. The largest absolute Gasteiger partial charge is 0.493 e. The van der Waals surface area contributed by atoms with Gasteiger partial charge in [-0.05, 0) is 67.1 Å². The molecule has 0 aliphatic heterocycles. The average Bonchev–Trinajstić information content (AvgIpc) is 2.77. The number of anilines is 2. The third-order valence-corrected chi connectivity index (χ3v) is 6.83. The van der Waals surface area contributed by atoms with E-state index in [2.05, 4.69) is 10.0 Å². The lowest BCUT2D eigenvalue weighted by Gasteiger charge is -2.11. The second-order valence-corrected chi connectivity index (χ2v) is 9.58. The van der Waals surface area contributed by atoms with E-state index in [4.69, 9.17) is 9.47 Å². The maximum atomic E-state index is 12.6. The number of hydrogen-bond donors (Lipinski definition) is 2. The molecule has 0 bridgehead atoms. The van der Waals surface area contributed by atoms with Gasteiger partial charge in [0.15, 0.2) is 11.5 Å². The zero-order valence-electron chi connectivity index (χ0n) is 17.9. The molecule has 0 unspecified atom stereocenters. The van der Waals surface area contributed by atoms with Gasteiger partial charge in [0.25, 0.3) is 10.0 Å². The first-order valence-corrected chi connectivity index (χ1v) is 12.1. The Hall–Kier alpha value is -3.17. The minimum absolute atomic E-state index is 0.108. The van der Waals surface area contributed by atoms with Gasteiger partial charge in [-0.3, -0.25) is 9.52 Å². The normalized spacial score (nSPS) is 11.0. The molecule has 9 heteroatoms. The van der Waals surface area contributed by atoms with Crippen LogP contribution < -0.4 is 19.5 Å². The Labute approximate surface area is 192 Å². The van der Waals surface area contributed by atoms with Crippen molar-refractivity contribution in [2.45, 2.75) is 16.7 Å². The molecule has 0 spiro atoms. The van der Waals surface area contributed by atoms with Crippen molar-refractivity contribution < 1.29 is 22.7 Å². The molecule has 0 aliphatic rings. The lowest BCUT2D eigenvalue weighted by atomic mass is 10.2. The molecule has 7 nitrogen and oxygen atoms in total. The van der Waals surface area contributed by atoms with Crippen LogP contribution in [-0.2, 0) is 14.8 Å². The van der Waals surface area contributed by atoms with Crippen LogP contribution >= 0.6 is 11.8 Å². The molecule has 0 saturated heterocycles. The van der Waals surface area contributed by atoms with Gasteiger partial charge in [0.05, 0.1) is 24.9 Å². The topological polar surface area (TPSA) is 93.7 Å². The van der Waals surface area contributed by atoms with E-state index in [-0.39, 0.29) is 16.6 Å². The van der Waals surface area contributed by atoms with Crippen molar-refractivity contribution in [3.8, 4) is 11.5 Å². The molecule has 0 radical (unpaired) electrons. The third-order valence-electron chi connectivity index (χ3n) is 4.44. The Morgan fingerprint density at radius 2 is 1.62 bits per heavy atom. The van der Waals surface area contributed by atoms with Gasteiger partial charge in [-0.2, -0.15) is 0 Å². The standard InChI is InChI=1S/C23H24N2O5S2/c1-16-5-4-6-18(13-16)25-32(27,28)20-10-7-17(8-11-20)24-23(26)15-31-19-9-12-21(29-2)22(14-19)30-3/h4-14,25H,15H2,1-3H3,(H,24,26). The monoisotopic (exact) mass is 472 g/mol. The lowest BCUT2D eigenvalue weighted by Crippen LogP contribution is -2.15. The van der Waals surface area contributed by atoms with Crippen molar-refractivity contribution in [3.63, 3.8) is 0 Å². The second-order valence-electron chi connectivity index (χ2n) is 6.85. The summed E-state index contributed by atoms with van der Waals surface area (Å²) in [5, 5.41) is 2.77. The quantitative estimate of drug-likeness (QED) is 0.444. The van der Waals surface area contributed by atoms with Crippen molar-refractivity contribution in [1.82, 2.24) is 0 Å². The van der Waals surface area contributed by atoms with E-state index in [9.17, 15) is 13.2 Å². The molecule has 0 heterocycles. The molecule has 0 aliphatic carbocycles. The van der Waals surface area contributed by atoms with Gasteiger partial charge < -0.3 is 14.8 Å². The zero-order chi connectivity index (χ0) is 23.1. The number of aryl methyl sites for hydroxylation is 1. The summed E-state index contributed by atoms with van der Waals surface area (Å²) in [6, 6.07) is 18.6.